The van der Waals surface area contributed by atoms with E-state index in [1.807, 2.05) is 24.3 Å². The summed E-state index contributed by atoms with van der Waals surface area (Å²) in [7, 11) is 1.72. The second-order valence-electron chi connectivity index (χ2n) is 9.04. The molecule has 0 aromatic heterocycles. The van der Waals surface area contributed by atoms with E-state index in [9.17, 15) is 0 Å². The van der Waals surface area contributed by atoms with Gasteiger partial charge in [0.05, 0.1) is 25.4 Å². The highest BCUT2D eigenvalue weighted by Gasteiger charge is 2.25. The molecule has 33 heavy (non-hydrogen) atoms. The fraction of sp³-hybridized carbons (Fsp3) is 0.267. The van der Waals surface area contributed by atoms with Crippen molar-refractivity contribution in [1.82, 2.24) is 0 Å². The minimum Gasteiger partial charge on any atom is -0.496 e. The fourth-order valence-corrected chi connectivity index (χ4v) is 4.56. The smallest absolute Gasteiger partial charge is 0.126 e. The van der Waals surface area contributed by atoms with Crippen molar-refractivity contribution < 1.29 is 9.47 Å². The lowest BCUT2D eigenvalue weighted by atomic mass is 9.85. The van der Waals surface area contributed by atoms with E-state index < -0.39 is 0 Å². The maximum absolute atomic E-state index is 6.15. The minimum atomic E-state index is -0.113. The van der Waals surface area contributed by atoms with Crippen LogP contribution in [0.4, 0.5) is 5.69 Å². The Bertz CT molecular complexity index is 1130. The van der Waals surface area contributed by atoms with Gasteiger partial charge in [-0.05, 0) is 61.6 Å². The van der Waals surface area contributed by atoms with E-state index in [1.54, 1.807) is 7.11 Å². The molecule has 1 aliphatic rings. The molecule has 0 amide bonds. The number of anilines is 1. The SMILES string of the molecule is C=CCOC(CCC1=CC(C)(C)Nc2ccc(-c3ccccc3OC)cc21)c1ccccc1. The molecule has 3 aromatic rings. The zero-order valence-electron chi connectivity index (χ0n) is 19.8. The molecule has 1 N–H and O–H groups in total. The molecule has 0 fully saturated rings. The molecule has 1 atom stereocenters. The van der Waals surface area contributed by atoms with Gasteiger partial charge in [0.25, 0.3) is 0 Å². The standard InChI is InChI=1S/C30H33NO2/c1-5-19-33-28(22-11-7-6-8-12-22)18-16-24-21-30(2,3)31-27-17-15-23(20-26(24)27)25-13-9-10-14-29(25)32-4/h5-15,17,20-21,28,31H,1,16,18-19H2,2-4H3. The Kier molecular flexibility index (Phi) is 7.00. The number of fused-ring (bicyclic) bond motifs is 1. The van der Waals surface area contributed by atoms with Crippen molar-refractivity contribution in [1.29, 1.82) is 0 Å². The van der Waals surface area contributed by atoms with Gasteiger partial charge in [0.2, 0.25) is 0 Å². The van der Waals surface area contributed by atoms with Crippen LogP contribution < -0.4 is 10.1 Å². The fourth-order valence-electron chi connectivity index (χ4n) is 4.56. The summed E-state index contributed by atoms with van der Waals surface area (Å²) in [5.74, 6) is 0.883. The highest BCUT2D eigenvalue weighted by Crippen LogP contribution is 2.41. The summed E-state index contributed by atoms with van der Waals surface area (Å²) in [6, 6.07) is 25.3. The van der Waals surface area contributed by atoms with Crippen LogP contribution in [0.2, 0.25) is 0 Å². The van der Waals surface area contributed by atoms with Crippen LogP contribution in [-0.4, -0.2) is 19.3 Å². The first kappa shape index (κ1) is 22.9. The van der Waals surface area contributed by atoms with Crippen molar-refractivity contribution in [2.75, 3.05) is 19.0 Å². The Hall–Kier alpha value is -3.30. The Morgan fingerprint density at radius 1 is 0.970 bits per heavy atom. The van der Waals surface area contributed by atoms with Crippen molar-refractivity contribution in [2.45, 2.75) is 38.3 Å². The van der Waals surface area contributed by atoms with Gasteiger partial charge in [0, 0.05) is 16.8 Å². The maximum atomic E-state index is 6.15. The van der Waals surface area contributed by atoms with Gasteiger partial charge in [-0.3, -0.25) is 0 Å². The van der Waals surface area contributed by atoms with Crippen molar-refractivity contribution in [3.63, 3.8) is 0 Å². The molecule has 0 bridgehead atoms. The largest absolute Gasteiger partial charge is 0.496 e. The zero-order valence-corrected chi connectivity index (χ0v) is 19.8. The monoisotopic (exact) mass is 439 g/mol. The third kappa shape index (κ3) is 5.37. The summed E-state index contributed by atoms with van der Waals surface area (Å²) in [6.07, 6.45) is 6.03. The maximum Gasteiger partial charge on any atom is 0.126 e. The Morgan fingerprint density at radius 2 is 1.73 bits per heavy atom. The van der Waals surface area contributed by atoms with Crippen LogP contribution >= 0.6 is 0 Å². The third-order valence-electron chi connectivity index (χ3n) is 6.04. The first-order valence-electron chi connectivity index (χ1n) is 11.6. The molecular formula is C30H33NO2. The molecule has 1 unspecified atom stereocenters. The summed E-state index contributed by atoms with van der Waals surface area (Å²) in [5, 5.41) is 3.67. The van der Waals surface area contributed by atoms with E-state index in [2.05, 4.69) is 86.4 Å². The summed E-state index contributed by atoms with van der Waals surface area (Å²) >= 11 is 0. The van der Waals surface area contributed by atoms with Crippen LogP contribution in [0, 0.1) is 0 Å². The molecule has 3 aromatic carbocycles. The average Bonchev–Trinajstić information content (AvgIpc) is 2.83. The molecule has 0 saturated heterocycles. The minimum absolute atomic E-state index is 0.0314. The lowest BCUT2D eigenvalue weighted by molar-refractivity contribution is 0.0687. The highest BCUT2D eigenvalue weighted by molar-refractivity contribution is 5.85. The molecule has 0 saturated carbocycles. The van der Waals surface area contributed by atoms with Crippen LogP contribution in [-0.2, 0) is 4.74 Å². The number of hydrogen-bond donors (Lipinski definition) is 1. The quantitative estimate of drug-likeness (QED) is 0.347. The third-order valence-corrected chi connectivity index (χ3v) is 6.04. The Morgan fingerprint density at radius 3 is 2.48 bits per heavy atom. The molecule has 0 radical (unpaired) electrons. The van der Waals surface area contributed by atoms with Crippen LogP contribution in [0.15, 0.2) is 91.5 Å². The molecule has 0 spiro atoms. The second kappa shape index (κ2) is 10.1. The highest BCUT2D eigenvalue weighted by atomic mass is 16.5. The van der Waals surface area contributed by atoms with Crippen LogP contribution in [0.25, 0.3) is 16.7 Å². The van der Waals surface area contributed by atoms with Gasteiger partial charge in [-0.25, -0.2) is 0 Å². The van der Waals surface area contributed by atoms with E-state index in [0.717, 1.165) is 29.7 Å². The van der Waals surface area contributed by atoms with Crippen molar-refractivity contribution in [2.24, 2.45) is 0 Å². The molecule has 3 nitrogen and oxygen atoms in total. The lowest BCUT2D eigenvalue weighted by Crippen LogP contribution is -2.31. The number of para-hydroxylation sites is 1. The number of benzene rings is 3. The van der Waals surface area contributed by atoms with Gasteiger partial charge in [-0.15, -0.1) is 6.58 Å². The summed E-state index contributed by atoms with van der Waals surface area (Å²) in [6.45, 7) is 8.80. The first-order chi connectivity index (χ1) is 16.0. The van der Waals surface area contributed by atoms with Crippen molar-refractivity contribution in [3.05, 3.63) is 103 Å². The number of ether oxygens (including phenoxy) is 2. The molecule has 1 aliphatic heterocycles. The summed E-state index contributed by atoms with van der Waals surface area (Å²) in [5.41, 5.74) is 7.10. The normalized spacial score (nSPS) is 15.1. The molecule has 170 valence electrons. The van der Waals surface area contributed by atoms with E-state index >= 15 is 0 Å². The van der Waals surface area contributed by atoms with Gasteiger partial charge in [0.15, 0.2) is 0 Å². The zero-order chi connectivity index (χ0) is 23.3. The van der Waals surface area contributed by atoms with E-state index in [1.165, 1.54) is 22.4 Å². The van der Waals surface area contributed by atoms with Gasteiger partial charge in [-0.1, -0.05) is 66.7 Å². The number of methoxy groups -OCH3 is 1. The number of allylic oxidation sites excluding steroid dienone is 1. The van der Waals surface area contributed by atoms with Crippen LogP contribution in [0.5, 0.6) is 5.75 Å². The van der Waals surface area contributed by atoms with Crippen molar-refractivity contribution >= 4 is 11.3 Å². The molecule has 0 aliphatic carbocycles. The van der Waals surface area contributed by atoms with Gasteiger partial charge in [-0.2, -0.15) is 0 Å². The topological polar surface area (TPSA) is 30.5 Å². The van der Waals surface area contributed by atoms with Crippen LogP contribution in [0.3, 0.4) is 0 Å². The Balaban J connectivity index is 1.65. The van der Waals surface area contributed by atoms with Gasteiger partial charge < -0.3 is 14.8 Å². The van der Waals surface area contributed by atoms with Gasteiger partial charge in [0.1, 0.15) is 5.75 Å². The molecule has 1 heterocycles. The van der Waals surface area contributed by atoms with E-state index in [4.69, 9.17) is 9.47 Å². The molecular weight excluding hydrogens is 406 g/mol. The predicted octanol–water partition coefficient (Wildman–Crippen LogP) is 7.67. The Labute approximate surface area is 197 Å². The number of rotatable bonds is 9. The number of hydrogen-bond acceptors (Lipinski definition) is 3. The molecule has 4 rings (SSSR count). The van der Waals surface area contributed by atoms with Crippen molar-refractivity contribution in [3.8, 4) is 16.9 Å². The van der Waals surface area contributed by atoms with E-state index in [0.29, 0.717) is 6.61 Å². The second-order valence-corrected chi connectivity index (χ2v) is 9.04. The molecule has 3 heteroatoms. The lowest BCUT2D eigenvalue weighted by Gasteiger charge is -2.33. The van der Waals surface area contributed by atoms with E-state index in [-0.39, 0.29) is 11.6 Å². The average molecular weight is 440 g/mol. The van der Waals surface area contributed by atoms with Crippen LogP contribution in [0.1, 0.15) is 43.9 Å². The predicted molar refractivity (Wildman–Crippen MR) is 139 cm³/mol. The van der Waals surface area contributed by atoms with Gasteiger partial charge >= 0.3 is 0 Å². The summed E-state index contributed by atoms with van der Waals surface area (Å²) < 4.78 is 11.8. The first-order valence-corrected chi connectivity index (χ1v) is 11.6. The number of nitrogens with one attached hydrogen (secondary N) is 1. The summed E-state index contributed by atoms with van der Waals surface area (Å²) in [4.78, 5) is 0.